The van der Waals surface area contributed by atoms with Gasteiger partial charge < -0.3 is 10.1 Å². The quantitative estimate of drug-likeness (QED) is 0.559. The predicted octanol–water partition coefficient (Wildman–Crippen LogP) is 3.79. The Balaban J connectivity index is 1.91. The third-order valence-corrected chi connectivity index (χ3v) is 4.80. The molecule has 1 unspecified atom stereocenters. The van der Waals surface area contributed by atoms with Crippen molar-refractivity contribution in [2.45, 2.75) is 25.3 Å². The molecule has 0 spiro atoms. The Bertz CT molecular complexity index is 728. The molecule has 25 heavy (non-hydrogen) atoms. The molecule has 0 aliphatic rings. The highest BCUT2D eigenvalue weighted by atomic mass is 35.5. The number of Topliss-reactive ketones (excluding diaryl/α,β-unsaturated/α-hetero) is 1. The van der Waals surface area contributed by atoms with E-state index in [9.17, 15) is 14.4 Å². The van der Waals surface area contributed by atoms with Crippen molar-refractivity contribution in [3.05, 3.63) is 57.2 Å². The second kappa shape index (κ2) is 9.34. The van der Waals surface area contributed by atoms with Crippen molar-refractivity contribution in [1.29, 1.82) is 0 Å². The molecule has 1 N–H and O–H groups in total. The number of ether oxygens (including phenoxy) is 1. The lowest BCUT2D eigenvalue weighted by Gasteiger charge is -2.16. The largest absolute Gasteiger partial charge is 0.469 e. The zero-order valence-corrected chi connectivity index (χ0v) is 15.2. The average molecular weight is 380 g/mol. The van der Waals surface area contributed by atoms with E-state index in [0.717, 1.165) is 4.88 Å². The first-order valence-electron chi connectivity index (χ1n) is 7.68. The van der Waals surface area contributed by atoms with E-state index in [4.69, 9.17) is 11.6 Å². The molecular formula is C18H18ClNO4S. The molecule has 2 aromatic rings. The van der Waals surface area contributed by atoms with Gasteiger partial charge in [-0.25, -0.2) is 0 Å². The summed E-state index contributed by atoms with van der Waals surface area (Å²) in [7, 11) is 1.31. The van der Waals surface area contributed by atoms with Gasteiger partial charge in [0, 0.05) is 28.3 Å². The highest BCUT2D eigenvalue weighted by Crippen LogP contribution is 2.22. The van der Waals surface area contributed by atoms with Crippen molar-refractivity contribution in [1.82, 2.24) is 5.32 Å². The molecule has 0 aliphatic heterocycles. The number of ketones is 1. The second-order valence-electron chi connectivity index (χ2n) is 5.35. The van der Waals surface area contributed by atoms with Crippen LogP contribution in [0, 0.1) is 0 Å². The minimum absolute atomic E-state index is 0.0461. The van der Waals surface area contributed by atoms with E-state index in [0.29, 0.717) is 10.6 Å². The number of amides is 1. The van der Waals surface area contributed by atoms with Gasteiger partial charge in [-0.3, -0.25) is 14.4 Å². The number of hydrogen-bond donors (Lipinski definition) is 1. The lowest BCUT2D eigenvalue weighted by atomic mass is 10.1. The van der Waals surface area contributed by atoms with E-state index in [1.807, 2.05) is 17.5 Å². The maximum absolute atomic E-state index is 12.2. The van der Waals surface area contributed by atoms with Gasteiger partial charge in [-0.1, -0.05) is 17.7 Å². The SMILES string of the molecule is COC(=O)CC(NC(=O)CCC(=O)c1ccc(Cl)cc1)c1cccs1. The summed E-state index contributed by atoms with van der Waals surface area (Å²) >= 11 is 7.24. The molecule has 1 aromatic carbocycles. The fourth-order valence-corrected chi connectivity index (χ4v) is 3.14. The van der Waals surface area contributed by atoms with Crippen LogP contribution < -0.4 is 5.32 Å². The van der Waals surface area contributed by atoms with Gasteiger partial charge in [0.1, 0.15) is 0 Å². The summed E-state index contributed by atoms with van der Waals surface area (Å²) in [6.45, 7) is 0. The van der Waals surface area contributed by atoms with Crippen molar-refractivity contribution >= 4 is 40.6 Å². The van der Waals surface area contributed by atoms with Crippen LogP contribution in [0.15, 0.2) is 41.8 Å². The van der Waals surface area contributed by atoms with Crippen molar-refractivity contribution in [3.63, 3.8) is 0 Å². The molecule has 0 fully saturated rings. The monoisotopic (exact) mass is 379 g/mol. The molecule has 0 aliphatic carbocycles. The number of thiophene rings is 1. The fourth-order valence-electron chi connectivity index (χ4n) is 2.24. The topological polar surface area (TPSA) is 72.5 Å². The van der Waals surface area contributed by atoms with Crippen LogP contribution in [0.2, 0.25) is 5.02 Å². The number of nitrogens with one attached hydrogen (secondary N) is 1. The average Bonchev–Trinajstić information content (AvgIpc) is 3.14. The van der Waals surface area contributed by atoms with E-state index in [-0.39, 0.29) is 31.0 Å². The van der Waals surface area contributed by atoms with Crippen LogP contribution in [0.3, 0.4) is 0 Å². The molecule has 1 atom stereocenters. The van der Waals surface area contributed by atoms with Crippen LogP contribution in [0.5, 0.6) is 0 Å². The summed E-state index contributed by atoms with van der Waals surface area (Å²) < 4.78 is 4.68. The Hall–Kier alpha value is -2.18. The molecule has 1 amide bonds. The first-order valence-corrected chi connectivity index (χ1v) is 8.93. The van der Waals surface area contributed by atoms with Gasteiger partial charge in [0.05, 0.1) is 19.6 Å². The number of esters is 1. The molecule has 0 bridgehead atoms. The lowest BCUT2D eigenvalue weighted by Crippen LogP contribution is -2.30. The number of carbonyl (C=O) groups excluding carboxylic acids is 3. The van der Waals surface area contributed by atoms with Crippen LogP contribution in [0.1, 0.15) is 40.5 Å². The van der Waals surface area contributed by atoms with Gasteiger partial charge in [-0.15, -0.1) is 11.3 Å². The van der Waals surface area contributed by atoms with E-state index in [1.165, 1.54) is 18.4 Å². The Morgan fingerprint density at radius 1 is 1.16 bits per heavy atom. The van der Waals surface area contributed by atoms with Crippen molar-refractivity contribution in [3.8, 4) is 0 Å². The number of hydrogen-bond acceptors (Lipinski definition) is 5. The Labute approximate surface area is 154 Å². The zero-order valence-electron chi connectivity index (χ0n) is 13.7. The summed E-state index contributed by atoms with van der Waals surface area (Å²) in [5.74, 6) is -0.826. The van der Waals surface area contributed by atoms with Gasteiger partial charge in [-0.2, -0.15) is 0 Å². The maximum Gasteiger partial charge on any atom is 0.307 e. The molecule has 7 heteroatoms. The minimum atomic E-state index is -0.453. The van der Waals surface area contributed by atoms with Crippen LogP contribution in [0.4, 0.5) is 0 Å². The standard InChI is InChI=1S/C18H18ClNO4S/c1-24-18(23)11-14(16-3-2-10-25-16)20-17(22)9-8-15(21)12-4-6-13(19)7-5-12/h2-7,10,14H,8-9,11H2,1H3,(H,20,22). The predicted molar refractivity (Wildman–Crippen MR) is 96.9 cm³/mol. The van der Waals surface area contributed by atoms with Crippen molar-refractivity contribution in [2.24, 2.45) is 0 Å². The normalized spacial score (nSPS) is 11.6. The summed E-state index contributed by atoms with van der Waals surface area (Å²) in [5, 5.41) is 5.22. The first-order chi connectivity index (χ1) is 12.0. The smallest absolute Gasteiger partial charge is 0.307 e. The third kappa shape index (κ3) is 5.99. The van der Waals surface area contributed by atoms with Gasteiger partial charge >= 0.3 is 5.97 Å². The molecule has 1 aromatic heterocycles. The van der Waals surface area contributed by atoms with Gasteiger partial charge in [-0.05, 0) is 35.7 Å². The van der Waals surface area contributed by atoms with Crippen molar-refractivity contribution < 1.29 is 19.1 Å². The summed E-state index contributed by atoms with van der Waals surface area (Å²) in [6.07, 6.45) is 0.182. The van der Waals surface area contributed by atoms with E-state index >= 15 is 0 Å². The number of rotatable bonds is 8. The van der Waals surface area contributed by atoms with E-state index in [1.54, 1.807) is 24.3 Å². The van der Waals surface area contributed by atoms with Gasteiger partial charge in [0.2, 0.25) is 5.91 Å². The number of halogens is 1. The number of benzene rings is 1. The molecule has 0 saturated heterocycles. The highest BCUT2D eigenvalue weighted by Gasteiger charge is 2.20. The summed E-state index contributed by atoms with van der Waals surface area (Å²) in [6, 6.07) is 9.78. The number of carbonyl (C=O) groups is 3. The lowest BCUT2D eigenvalue weighted by molar-refractivity contribution is -0.141. The fraction of sp³-hybridized carbons (Fsp3) is 0.278. The van der Waals surface area contributed by atoms with E-state index < -0.39 is 12.0 Å². The molecule has 0 radical (unpaired) electrons. The van der Waals surface area contributed by atoms with Gasteiger partial charge in [0.15, 0.2) is 5.78 Å². The van der Waals surface area contributed by atoms with Crippen molar-refractivity contribution in [2.75, 3.05) is 7.11 Å². The third-order valence-electron chi connectivity index (χ3n) is 3.57. The molecule has 1 heterocycles. The number of methoxy groups -OCH3 is 1. The molecule has 132 valence electrons. The van der Waals surface area contributed by atoms with E-state index in [2.05, 4.69) is 10.1 Å². The minimum Gasteiger partial charge on any atom is -0.469 e. The van der Waals surface area contributed by atoms with Crippen LogP contribution in [-0.4, -0.2) is 24.8 Å². The Morgan fingerprint density at radius 2 is 1.88 bits per heavy atom. The van der Waals surface area contributed by atoms with Crippen LogP contribution in [-0.2, 0) is 14.3 Å². The molecular weight excluding hydrogens is 362 g/mol. The van der Waals surface area contributed by atoms with Crippen LogP contribution >= 0.6 is 22.9 Å². The van der Waals surface area contributed by atoms with Gasteiger partial charge in [0.25, 0.3) is 0 Å². The zero-order chi connectivity index (χ0) is 18.2. The molecule has 0 saturated carbocycles. The maximum atomic E-state index is 12.2. The molecule has 5 nitrogen and oxygen atoms in total. The second-order valence-corrected chi connectivity index (χ2v) is 6.76. The highest BCUT2D eigenvalue weighted by molar-refractivity contribution is 7.10. The Kier molecular flexibility index (Phi) is 7.16. The first kappa shape index (κ1) is 19.1. The Morgan fingerprint density at radius 3 is 2.48 bits per heavy atom. The van der Waals surface area contributed by atoms with Crippen LogP contribution in [0.25, 0.3) is 0 Å². The summed E-state index contributed by atoms with van der Waals surface area (Å²) in [5.41, 5.74) is 0.515. The molecule has 2 rings (SSSR count). The summed E-state index contributed by atoms with van der Waals surface area (Å²) in [4.78, 5) is 36.7.